The quantitative estimate of drug-likeness (QED) is 0.676. The molecule has 0 spiro atoms. The fourth-order valence-corrected chi connectivity index (χ4v) is 3.73. The lowest BCUT2D eigenvalue weighted by Crippen LogP contribution is -2.43. The van der Waals surface area contributed by atoms with Crippen molar-refractivity contribution in [1.29, 1.82) is 0 Å². The molecule has 2 aliphatic rings. The van der Waals surface area contributed by atoms with Gasteiger partial charge in [0, 0.05) is 35.9 Å². The van der Waals surface area contributed by atoms with E-state index in [0.29, 0.717) is 23.7 Å². The summed E-state index contributed by atoms with van der Waals surface area (Å²) in [7, 11) is 0. The Morgan fingerprint density at radius 1 is 1.26 bits per heavy atom. The van der Waals surface area contributed by atoms with E-state index in [-0.39, 0.29) is 24.8 Å². The van der Waals surface area contributed by atoms with E-state index < -0.39 is 5.91 Å². The average molecular weight is 358 g/mol. The molecule has 0 radical (unpaired) electrons. The third-order valence-corrected chi connectivity index (χ3v) is 4.67. The van der Waals surface area contributed by atoms with Gasteiger partial charge in [0.25, 0.3) is 5.91 Å². The number of halogens is 2. The van der Waals surface area contributed by atoms with Crippen LogP contribution in [0.15, 0.2) is 18.5 Å². The molecule has 2 aromatic heterocycles. The van der Waals surface area contributed by atoms with Crippen LogP contribution in [0.3, 0.4) is 0 Å². The van der Waals surface area contributed by atoms with Crippen molar-refractivity contribution >= 4 is 47.4 Å². The van der Waals surface area contributed by atoms with Crippen molar-refractivity contribution in [2.24, 2.45) is 5.73 Å². The van der Waals surface area contributed by atoms with Crippen LogP contribution >= 0.6 is 24.8 Å². The van der Waals surface area contributed by atoms with Gasteiger partial charge in [-0.05, 0) is 31.7 Å². The summed E-state index contributed by atoms with van der Waals surface area (Å²) in [6.45, 7) is 0. The van der Waals surface area contributed by atoms with Gasteiger partial charge in [0.1, 0.15) is 5.65 Å². The molecule has 0 aliphatic carbocycles. The molecule has 23 heavy (non-hydrogen) atoms. The van der Waals surface area contributed by atoms with Crippen LogP contribution in [0.5, 0.6) is 0 Å². The summed E-state index contributed by atoms with van der Waals surface area (Å²) >= 11 is 0. The molecule has 1 amide bonds. The number of hydrogen-bond donors (Lipinski definition) is 4. The van der Waals surface area contributed by atoms with Crippen LogP contribution in [0.2, 0.25) is 0 Å². The zero-order valence-corrected chi connectivity index (χ0v) is 14.2. The molecular formula is C15H21Cl2N5O. The molecule has 4 rings (SSSR count). The number of nitrogens with one attached hydrogen (secondary N) is 3. The van der Waals surface area contributed by atoms with Crippen LogP contribution in [0, 0.1) is 0 Å². The lowest BCUT2D eigenvalue weighted by atomic mass is 9.98. The van der Waals surface area contributed by atoms with E-state index in [2.05, 4.69) is 20.6 Å². The molecule has 0 saturated carbocycles. The van der Waals surface area contributed by atoms with Gasteiger partial charge in [-0.15, -0.1) is 24.8 Å². The number of carbonyl (C=O) groups is 1. The molecule has 4 heterocycles. The maximum atomic E-state index is 11.7. The van der Waals surface area contributed by atoms with Crippen molar-refractivity contribution < 1.29 is 4.79 Å². The lowest BCUT2D eigenvalue weighted by molar-refractivity contribution is 0.100. The number of fused-ring (bicyclic) bond motifs is 3. The Labute approximate surface area is 146 Å². The minimum atomic E-state index is -0.440. The van der Waals surface area contributed by atoms with Crippen LogP contribution in [-0.4, -0.2) is 34.0 Å². The van der Waals surface area contributed by atoms with Gasteiger partial charge in [-0.25, -0.2) is 4.98 Å². The summed E-state index contributed by atoms with van der Waals surface area (Å²) in [6.07, 6.45) is 8.06. The lowest BCUT2D eigenvalue weighted by Gasteiger charge is -2.31. The van der Waals surface area contributed by atoms with E-state index in [1.807, 2.05) is 12.3 Å². The van der Waals surface area contributed by atoms with E-state index in [1.165, 1.54) is 12.8 Å². The van der Waals surface area contributed by atoms with Crippen molar-refractivity contribution in [2.45, 2.75) is 43.8 Å². The van der Waals surface area contributed by atoms with Gasteiger partial charge in [-0.3, -0.25) is 4.79 Å². The number of aromatic nitrogens is 2. The van der Waals surface area contributed by atoms with Crippen LogP contribution in [-0.2, 0) is 0 Å². The number of nitrogens with two attached hydrogens (primary N) is 1. The number of carbonyl (C=O) groups excluding carboxylic acids is 1. The van der Waals surface area contributed by atoms with Crippen LogP contribution in [0.25, 0.3) is 11.0 Å². The Balaban J connectivity index is 0.000000960. The van der Waals surface area contributed by atoms with Crippen LogP contribution in [0.1, 0.15) is 36.0 Å². The summed E-state index contributed by atoms with van der Waals surface area (Å²) < 4.78 is 0. The summed E-state index contributed by atoms with van der Waals surface area (Å²) in [5.41, 5.74) is 7.57. The van der Waals surface area contributed by atoms with E-state index >= 15 is 0 Å². The molecule has 2 aromatic rings. The first-order valence-corrected chi connectivity index (χ1v) is 7.49. The first kappa shape index (κ1) is 17.8. The van der Waals surface area contributed by atoms with E-state index in [4.69, 9.17) is 5.73 Å². The zero-order valence-electron chi connectivity index (χ0n) is 12.5. The minimum Gasteiger partial charge on any atom is -0.381 e. The first-order valence-electron chi connectivity index (χ1n) is 7.49. The number of piperidine rings is 1. The summed E-state index contributed by atoms with van der Waals surface area (Å²) in [4.78, 5) is 19.0. The van der Waals surface area contributed by atoms with Gasteiger partial charge in [-0.1, -0.05) is 0 Å². The predicted octanol–water partition coefficient (Wildman–Crippen LogP) is 2.20. The second-order valence-electron chi connectivity index (χ2n) is 6.10. The molecule has 5 N–H and O–H groups in total. The highest BCUT2D eigenvalue weighted by atomic mass is 35.5. The first-order chi connectivity index (χ1) is 10.2. The maximum absolute atomic E-state index is 11.7. The third kappa shape index (κ3) is 3.24. The normalized spacial score (nSPS) is 25.5. The van der Waals surface area contributed by atoms with Crippen molar-refractivity contribution in [3.8, 4) is 0 Å². The van der Waals surface area contributed by atoms with Gasteiger partial charge in [0.05, 0.1) is 11.3 Å². The molecule has 2 atom stereocenters. The smallest absolute Gasteiger partial charge is 0.252 e. The standard InChI is InChI=1S/C15H19N5O.2ClH/c16-14(21)12-7-18-15-11(3-4-17-15)13(12)20-10-5-8-1-2-9(6-10)19-8;;/h3-4,7-10,19H,1-2,5-6H2,(H2,16,21)(H2,17,18,20);2*1H. The summed E-state index contributed by atoms with van der Waals surface area (Å²) in [5, 5.41) is 8.11. The Morgan fingerprint density at radius 2 is 1.96 bits per heavy atom. The fraction of sp³-hybridized carbons (Fsp3) is 0.467. The Bertz CT molecular complexity index is 692. The average Bonchev–Trinajstić information content (AvgIpc) is 3.05. The van der Waals surface area contributed by atoms with E-state index in [0.717, 1.165) is 29.6 Å². The van der Waals surface area contributed by atoms with Crippen molar-refractivity contribution in [3.63, 3.8) is 0 Å². The predicted molar refractivity (Wildman–Crippen MR) is 95.7 cm³/mol. The molecule has 126 valence electrons. The molecule has 2 aliphatic heterocycles. The Morgan fingerprint density at radius 3 is 2.61 bits per heavy atom. The second kappa shape index (κ2) is 6.95. The second-order valence-corrected chi connectivity index (χ2v) is 6.10. The molecular weight excluding hydrogens is 337 g/mol. The fourth-order valence-electron chi connectivity index (χ4n) is 3.73. The van der Waals surface area contributed by atoms with Crippen molar-refractivity contribution in [1.82, 2.24) is 15.3 Å². The molecule has 0 aromatic carbocycles. The number of anilines is 1. The monoisotopic (exact) mass is 357 g/mol. The molecule has 2 unspecified atom stereocenters. The molecule has 8 heteroatoms. The Hall–Kier alpha value is -1.50. The number of primary amides is 1. The number of pyridine rings is 1. The summed E-state index contributed by atoms with van der Waals surface area (Å²) in [6, 6.07) is 3.51. The number of rotatable bonds is 3. The van der Waals surface area contributed by atoms with Crippen LogP contribution < -0.4 is 16.4 Å². The topological polar surface area (TPSA) is 95.8 Å². The number of nitrogens with zero attached hydrogens (tertiary/aromatic N) is 1. The maximum Gasteiger partial charge on any atom is 0.252 e. The van der Waals surface area contributed by atoms with Crippen LogP contribution in [0.4, 0.5) is 5.69 Å². The highest BCUT2D eigenvalue weighted by Crippen LogP contribution is 2.32. The largest absolute Gasteiger partial charge is 0.381 e. The van der Waals surface area contributed by atoms with Gasteiger partial charge < -0.3 is 21.4 Å². The minimum absolute atomic E-state index is 0. The molecule has 2 saturated heterocycles. The zero-order chi connectivity index (χ0) is 14.4. The van der Waals surface area contributed by atoms with Gasteiger partial charge >= 0.3 is 0 Å². The van der Waals surface area contributed by atoms with Crippen molar-refractivity contribution in [3.05, 3.63) is 24.0 Å². The molecule has 2 bridgehead atoms. The van der Waals surface area contributed by atoms with Gasteiger partial charge in [0.15, 0.2) is 0 Å². The highest BCUT2D eigenvalue weighted by molar-refractivity contribution is 6.05. The van der Waals surface area contributed by atoms with Crippen molar-refractivity contribution in [2.75, 3.05) is 5.32 Å². The molecule has 6 nitrogen and oxygen atoms in total. The van der Waals surface area contributed by atoms with E-state index in [9.17, 15) is 4.79 Å². The van der Waals surface area contributed by atoms with Gasteiger partial charge in [0.2, 0.25) is 0 Å². The summed E-state index contributed by atoms with van der Waals surface area (Å²) in [5.74, 6) is -0.440. The SMILES string of the molecule is Cl.Cl.NC(=O)c1cnc2[nH]ccc2c1NC1CC2CCC(C1)N2. The molecule has 2 fully saturated rings. The number of amides is 1. The number of hydrogen-bond acceptors (Lipinski definition) is 4. The van der Waals surface area contributed by atoms with E-state index in [1.54, 1.807) is 6.20 Å². The highest BCUT2D eigenvalue weighted by Gasteiger charge is 2.34. The number of H-pyrrole nitrogens is 1. The third-order valence-electron chi connectivity index (χ3n) is 4.67. The Kier molecular flexibility index (Phi) is 5.39. The van der Waals surface area contributed by atoms with Gasteiger partial charge in [-0.2, -0.15) is 0 Å². The number of aromatic amines is 1.